The highest BCUT2D eigenvalue weighted by Crippen LogP contribution is 2.34. The first-order chi connectivity index (χ1) is 15.5. The fourth-order valence-corrected chi connectivity index (χ4v) is 3.73. The number of nitrogen functional groups attached to an aromatic ring is 1. The van der Waals surface area contributed by atoms with Gasteiger partial charge in [-0.15, -0.1) is 0 Å². The van der Waals surface area contributed by atoms with Gasteiger partial charge in [0.25, 0.3) is 0 Å². The molecule has 0 spiro atoms. The zero-order valence-corrected chi connectivity index (χ0v) is 16.7. The highest BCUT2D eigenvalue weighted by Gasteiger charge is 2.24. The van der Waals surface area contributed by atoms with Gasteiger partial charge in [0.2, 0.25) is 0 Å². The summed E-state index contributed by atoms with van der Waals surface area (Å²) >= 11 is 0. The quantitative estimate of drug-likeness (QED) is 0.464. The summed E-state index contributed by atoms with van der Waals surface area (Å²) in [6, 6.07) is 8.77. The molecule has 4 aromatic heterocycles. The van der Waals surface area contributed by atoms with Crippen molar-refractivity contribution in [3.05, 3.63) is 72.1 Å². The van der Waals surface area contributed by atoms with Crippen molar-refractivity contribution < 1.29 is 8.78 Å². The van der Waals surface area contributed by atoms with Crippen LogP contribution in [0.4, 0.5) is 14.6 Å². The van der Waals surface area contributed by atoms with Crippen LogP contribution in [0.5, 0.6) is 0 Å². The van der Waals surface area contributed by atoms with E-state index in [1.807, 2.05) is 13.0 Å². The number of fused-ring (bicyclic) bond motifs is 2. The number of anilines is 1. The highest BCUT2D eigenvalue weighted by molar-refractivity contribution is 5.90. The molecule has 1 atom stereocenters. The van der Waals surface area contributed by atoms with Crippen LogP contribution in [0.25, 0.3) is 33.1 Å². The van der Waals surface area contributed by atoms with Crippen molar-refractivity contribution in [2.24, 2.45) is 0 Å². The van der Waals surface area contributed by atoms with E-state index in [9.17, 15) is 14.0 Å². The third-order valence-electron chi connectivity index (χ3n) is 5.21. The predicted molar refractivity (Wildman–Crippen MR) is 113 cm³/mol. The average molecular weight is 428 g/mol. The Morgan fingerprint density at radius 1 is 1.09 bits per heavy atom. The van der Waals surface area contributed by atoms with E-state index in [0.29, 0.717) is 38.8 Å². The molecule has 32 heavy (non-hydrogen) atoms. The van der Waals surface area contributed by atoms with Gasteiger partial charge in [-0.3, -0.25) is 4.98 Å². The Balaban J connectivity index is 1.79. The fraction of sp³-hybridized carbons (Fsp3) is 0.0909. The molecule has 1 aromatic carbocycles. The molecule has 4 heterocycles. The lowest BCUT2D eigenvalue weighted by Crippen LogP contribution is -2.13. The molecule has 0 saturated carbocycles. The summed E-state index contributed by atoms with van der Waals surface area (Å²) in [5, 5.41) is 14.8. The second-order valence-corrected chi connectivity index (χ2v) is 7.19. The van der Waals surface area contributed by atoms with Gasteiger partial charge in [0.15, 0.2) is 11.3 Å². The zero-order chi connectivity index (χ0) is 22.4. The molecule has 0 aliphatic rings. The van der Waals surface area contributed by atoms with Gasteiger partial charge >= 0.3 is 0 Å². The second kappa shape index (κ2) is 7.31. The molecule has 0 aliphatic carbocycles. The summed E-state index contributed by atoms with van der Waals surface area (Å²) in [7, 11) is 0. The Morgan fingerprint density at radius 3 is 2.72 bits per heavy atom. The molecular formula is C22H14F2N8. The van der Waals surface area contributed by atoms with Crippen LogP contribution in [-0.4, -0.2) is 29.7 Å². The summed E-state index contributed by atoms with van der Waals surface area (Å²) in [5.74, 6) is -0.786. The normalized spacial score (nSPS) is 12.2. The summed E-state index contributed by atoms with van der Waals surface area (Å²) in [6.45, 7) is 1.82. The standard InChI is InChI=1S/C22H14F2N8/c1-11(32-22-19(18(7-25)31-32)21(26)28-10-29-22)20-16(13-5-15(24)9-27-8-13)6-12-4-14(23)2-3-17(12)30-20/h2-6,8-11H,1H3,(H2,26,28,29). The number of nitriles is 1. The monoisotopic (exact) mass is 428 g/mol. The number of halogens is 2. The SMILES string of the molecule is CC(c1nc2ccc(F)cc2cc1-c1cncc(F)c1)n1nc(C#N)c2c(N)ncnc21. The molecule has 1 unspecified atom stereocenters. The van der Waals surface area contributed by atoms with Gasteiger partial charge in [0.05, 0.1) is 28.8 Å². The topological polar surface area (TPSA) is 119 Å². The Labute approximate surface area is 180 Å². The van der Waals surface area contributed by atoms with E-state index in [4.69, 9.17) is 10.7 Å². The third kappa shape index (κ3) is 3.07. The van der Waals surface area contributed by atoms with E-state index in [-0.39, 0.29) is 11.5 Å². The lowest BCUT2D eigenvalue weighted by atomic mass is 9.99. The van der Waals surface area contributed by atoms with Crippen molar-refractivity contribution in [1.82, 2.24) is 29.7 Å². The number of nitrogens with zero attached hydrogens (tertiary/aromatic N) is 7. The number of rotatable bonds is 3. The van der Waals surface area contributed by atoms with E-state index in [0.717, 1.165) is 6.20 Å². The molecule has 10 heteroatoms. The van der Waals surface area contributed by atoms with Gasteiger partial charge in [-0.1, -0.05) is 0 Å². The first kappa shape index (κ1) is 19.4. The first-order valence-corrected chi connectivity index (χ1v) is 9.56. The molecule has 0 amide bonds. The van der Waals surface area contributed by atoms with Crippen molar-refractivity contribution in [1.29, 1.82) is 5.26 Å². The molecule has 156 valence electrons. The minimum atomic E-state index is -0.540. The number of hydrogen-bond donors (Lipinski definition) is 1. The average Bonchev–Trinajstić information content (AvgIpc) is 3.18. The van der Waals surface area contributed by atoms with E-state index >= 15 is 0 Å². The molecular weight excluding hydrogens is 414 g/mol. The minimum absolute atomic E-state index is 0.0850. The van der Waals surface area contributed by atoms with Crippen molar-refractivity contribution in [3.8, 4) is 17.2 Å². The van der Waals surface area contributed by atoms with Crippen LogP contribution < -0.4 is 5.73 Å². The van der Waals surface area contributed by atoms with Gasteiger partial charge in [-0.2, -0.15) is 10.4 Å². The highest BCUT2D eigenvalue weighted by atomic mass is 19.1. The predicted octanol–water partition coefficient (Wildman–Crippen LogP) is 3.78. The summed E-state index contributed by atoms with van der Waals surface area (Å²) in [5.41, 5.74) is 8.49. The van der Waals surface area contributed by atoms with Crippen LogP contribution in [0.15, 0.2) is 49.1 Å². The lowest BCUT2D eigenvalue weighted by Gasteiger charge is -2.18. The van der Waals surface area contributed by atoms with Crippen LogP contribution in [0.3, 0.4) is 0 Å². The molecule has 5 rings (SSSR count). The summed E-state index contributed by atoms with van der Waals surface area (Å²) < 4.78 is 29.3. The van der Waals surface area contributed by atoms with Crippen molar-refractivity contribution >= 4 is 27.8 Å². The molecule has 5 aromatic rings. The van der Waals surface area contributed by atoms with Crippen molar-refractivity contribution in [3.63, 3.8) is 0 Å². The molecule has 0 bridgehead atoms. The molecule has 0 fully saturated rings. The van der Waals surface area contributed by atoms with Crippen LogP contribution in [0, 0.1) is 23.0 Å². The number of nitrogens with two attached hydrogens (primary N) is 1. The van der Waals surface area contributed by atoms with E-state index < -0.39 is 17.7 Å². The Bertz CT molecular complexity index is 1550. The Kier molecular flexibility index (Phi) is 4.44. The number of benzene rings is 1. The van der Waals surface area contributed by atoms with Crippen LogP contribution in [0.2, 0.25) is 0 Å². The van der Waals surface area contributed by atoms with E-state index in [1.165, 1.54) is 35.4 Å². The van der Waals surface area contributed by atoms with Gasteiger partial charge in [0, 0.05) is 22.7 Å². The van der Waals surface area contributed by atoms with Crippen LogP contribution in [0.1, 0.15) is 24.4 Å². The van der Waals surface area contributed by atoms with Crippen molar-refractivity contribution in [2.75, 3.05) is 5.73 Å². The largest absolute Gasteiger partial charge is 0.383 e. The fourth-order valence-electron chi connectivity index (χ4n) is 3.73. The Morgan fingerprint density at radius 2 is 1.94 bits per heavy atom. The van der Waals surface area contributed by atoms with E-state index in [2.05, 4.69) is 20.1 Å². The maximum atomic E-state index is 14.0. The number of hydrogen-bond acceptors (Lipinski definition) is 7. The lowest BCUT2D eigenvalue weighted by molar-refractivity contribution is 0.566. The van der Waals surface area contributed by atoms with Crippen LogP contribution >= 0.6 is 0 Å². The van der Waals surface area contributed by atoms with Gasteiger partial charge in [-0.05, 0) is 37.3 Å². The first-order valence-electron chi connectivity index (χ1n) is 9.56. The smallest absolute Gasteiger partial charge is 0.175 e. The van der Waals surface area contributed by atoms with Gasteiger partial charge < -0.3 is 5.73 Å². The third-order valence-corrected chi connectivity index (χ3v) is 5.21. The molecule has 8 nitrogen and oxygen atoms in total. The molecule has 0 saturated heterocycles. The number of aromatic nitrogens is 6. The molecule has 0 aliphatic heterocycles. The minimum Gasteiger partial charge on any atom is -0.383 e. The maximum Gasteiger partial charge on any atom is 0.175 e. The van der Waals surface area contributed by atoms with E-state index in [1.54, 1.807) is 12.1 Å². The summed E-state index contributed by atoms with van der Waals surface area (Å²) in [4.78, 5) is 16.9. The summed E-state index contributed by atoms with van der Waals surface area (Å²) in [6.07, 6.45) is 3.89. The molecule has 0 radical (unpaired) electrons. The van der Waals surface area contributed by atoms with Gasteiger partial charge in [0.1, 0.15) is 29.8 Å². The van der Waals surface area contributed by atoms with Gasteiger partial charge in [-0.25, -0.2) is 28.4 Å². The number of pyridine rings is 2. The Hall–Kier alpha value is -4.52. The zero-order valence-electron chi connectivity index (χ0n) is 16.7. The van der Waals surface area contributed by atoms with Crippen LogP contribution in [-0.2, 0) is 0 Å². The molecule has 2 N–H and O–H groups in total. The maximum absolute atomic E-state index is 14.0. The van der Waals surface area contributed by atoms with Crippen molar-refractivity contribution in [2.45, 2.75) is 13.0 Å². The second-order valence-electron chi connectivity index (χ2n) is 7.19.